The maximum Gasteiger partial charge on any atom is 0.107 e. The van der Waals surface area contributed by atoms with Crippen molar-refractivity contribution < 1.29 is 0 Å². The molecule has 0 saturated heterocycles. The number of nitrogens with two attached hydrogens (primary N) is 1. The predicted octanol–water partition coefficient (Wildman–Crippen LogP) is 3.23. The average molecular weight is 261 g/mol. The van der Waals surface area contributed by atoms with Crippen LogP contribution in [-0.4, -0.2) is 16.9 Å². The number of aryl methyl sites for hydroxylation is 1. The van der Waals surface area contributed by atoms with Crippen LogP contribution in [0.3, 0.4) is 0 Å². The molecule has 0 aliphatic rings. The molecular weight excluding hydrogens is 242 g/mol. The molecule has 1 atom stereocenters. The second-order valence-corrected chi connectivity index (χ2v) is 5.59. The SMILES string of the molecule is Cc1csc(CN(C)C(C)c2cccc(N)c2)n1. The van der Waals surface area contributed by atoms with Crippen LogP contribution in [0.2, 0.25) is 0 Å². The molecule has 1 heterocycles. The van der Waals surface area contributed by atoms with E-state index in [0.717, 1.165) is 22.9 Å². The fourth-order valence-corrected chi connectivity index (χ4v) is 2.73. The summed E-state index contributed by atoms with van der Waals surface area (Å²) in [4.78, 5) is 6.78. The minimum absolute atomic E-state index is 0.331. The van der Waals surface area contributed by atoms with E-state index < -0.39 is 0 Å². The Bertz CT molecular complexity index is 521. The first-order valence-electron chi connectivity index (χ1n) is 6.03. The lowest BCUT2D eigenvalue weighted by atomic mass is 10.1. The molecule has 96 valence electrons. The van der Waals surface area contributed by atoms with Crippen molar-refractivity contribution >= 4 is 17.0 Å². The lowest BCUT2D eigenvalue weighted by molar-refractivity contribution is 0.253. The molecule has 3 nitrogen and oxygen atoms in total. The van der Waals surface area contributed by atoms with Crippen LogP contribution in [0, 0.1) is 6.92 Å². The third kappa shape index (κ3) is 3.09. The topological polar surface area (TPSA) is 42.1 Å². The van der Waals surface area contributed by atoms with E-state index in [4.69, 9.17) is 5.73 Å². The third-order valence-corrected chi connectivity index (χ3v) is 4.06. The molecule has 2 rings (SSSR count). The number of anilines is 1. The lowest BCUT2D eigenvalue weighted by Crippen LogP contribution is -2.21. The largest absolute Gasteiger partial charge is 0.399 e. The first-order chi connectivity index (χ1) is 8.56. The van der Waals surface area contributed by atoms with Gasteiger partial charge in [-0.05, 0) is 38.6 Å². The van der Waals surface area contributed by atoms with Crippen molar-refractivity contribution in [1.82, 2.24) is 9.88 Å². The highest BCUT2D eigenvalue weighted by atomic mass is 32.1. The van der Waals surface area contributed by atoms with Crippen LogP contribution in [0.5, 0.6) is 0 Å². The van der Waals surface area contributed by atoms with E-state index in [1.165, 1.54) is 5.56 Å². The second-order valence-electron chi connectivity index (χ2n) is 4.64. The highest BCUT2D eigenvalue weighted by molar-refractivity contribution is 7.09. The summed E-state index contributed by atoms with van der Waals surface area (Å²) < 4.78 is 0. The third-order valence-electron chi connectivity index (χ3n) is 3.11. The summed E-state index contributed by atoms with van der Waals surface area (Å²) in [6, 6.07) is 8.40. The quantitative estimate of drug-likeness (QED) is 0.859. The summed E-state index contributed by atoms with van der Waals surface area (Å²) in [6.45, 7) is 5.09. The van der Waals surface area contributed by atoms with E-state index in [0.29, 0.717) is 6.04 Å². The number of hydrogen-bond acceptors (Lipinski definition) is 4. The molecule has 1 unspecified atom stereocenters. The van der Waals surface area contributed by atoms with E-state index >= 15 is 0 Å². The molecule has 1 aromatic heterocycles. The van der Waals surface area contributed by atoms with Gasteiger partial charge in [-0.2, -0.15) is 0 Å². The van der Waals surface area contributed by atoms with Gasteiger partial charge in [0.15, 0.2) is 0 Å². The van der Waals surface area contributed by atoms with Crippen molar-refractivity contribution in [3.63, 3.8) is 0 Å². The van der Waals surface area contributed by atoms with Crippen LogP contribution in [0.4, 0.5) is 5.69 Å². The number of rotatable bonds is 4. The van der Waals surface area contributed by atoms with Crippen LogP contribution in [0.15, 0.2) is 29.6 Å². The fraction of sp³-hybridized carbons (Fsp3) is 0.357. The minimum Gasteiger partial charge on any atom is -0.399 e. The Kier molecular flexibility index (Phi) is 3.99. The Morgan fingerprint density at radius 1 is 1.44 bits per heavy atom. The van der Waals surface area contributed by atoms with Gasteiger partial charge in [-0.25, -0.2) is 4.98 Å². The summed E-state index contributed by atoms with van der Waals surface area (Å²) >= 11 is 1.72. The second kappa shape index (κ2) is 5.50. The standard InChI is InChI=1S/C14H19N3S/c1-10-9-18-14(16-10)8-17(3)11(2)12-5-4-6-13(15)7-12/h4-7,9,11H,8,15H2,1-3H3. The monoisotopic (exact) mass is 261 g/mol. The number of hydrogen-bond donors (Lipinski definition) is 1. The van der Waals surface area contributed by atoms with Crippen LogP contribution >= 0.6 is 11.3 Å². The van der Waals surface area contributed by atoms with Crippen molar-refractivity contribution in [3.05, 3.63) is 45.9 Å². The number of nitrogens with zero attached hydrogens (tertiary/aromatic N) is 2. The maximum atomic E-state index is 5.82. The Morgan fingerprint density at radius 2 is 2.22 bits per heavy atom. The molecule has 1 aromatic carbocycles. The number of benzene rings is 1. The molecule has 0 saturated carbocycles. The zero-order chi connectivity index (χ0) is 13.1. The first kappa shape index (κ1) is 13.1. The normalized spacial score (nSPS) is 12.9. The van der Waals surface area contributed by atoms with Crippen LogP contribution < -0.4 is 5.73 Å². The number of thiazole rings is 1. The van der Waals surface area contributed by atoms with E-state index in [-0.39, 0.29) is 0 Å². The summed E-state index contributed by atoms with van der Waals surface area (Å²) in [5, 5.41) is 3.25. The molecule has 0 fully saturated rings. The summed E-state index contributed by atoms with van der Waals surface area (Å²) in [7, 11) is 2.12. The van der Waals surface area contributed by atoms with Crippen molar-refractivity contribution in [1.29, 1.82) is 0 Å². The first-order valence-corrected chi connectivity index (χ1v) is 6.91. The van der Waals surface area contributed by atoms with Crippen molar-refractivity contribution in [2.45, 2.75) is 26.4 Å². The average Bonchev–Trinajstić information content (AvgIpc) is 2.73. The summed E-state index contributed by atoms with van der Waals surface area (Å²) in [6.07, 6.45) is 0. The summed E-state index contributed by atoms with van der Waals surface area (Å²) in [5.74, 6) is 0. The fourth-order valence-electron chi connectivity index (χ4n) is 1.90. The van der Waals surface area contributed by atoms with E-state index in [1.54, 1.807) is 11.3 Å². The predicted molar refractivity (Wildman–Crippen MR) is 77.6 cm³/mol. The molecular formula is C14H19N3S. The molecule has 0 bridgehead atoms. The Labute approximate surface area is 112 Å². The van der Waals surface area contributed by atoms with Gasteiger partial charge in [0.05, 0.1) is 6.54 Å². The lowest BCUT2D eigenvalue weighted by Gasteiger charge is -2.24. The number of aromatic nitrogens is 1. The van der Waals surface area contributed by atoms with Crippen LogP contribution in [0.1, 0.15) is 29.2 Å². The van der Waals surface area contributed by atoms with Gasteiger partial charge in [0.1, 0.15) is 5.01 Å². The molecule has 0 aliphatic heterocycles. The molecule has 4 heteroatoms. The van der Waals surface area contributed by atoms with E-state index in [2.05, 4.69) is 35.3 Å². The van der Waals surface area contributed by atoms with Gasteiger partial charge in [-0.3, -0.25) is 4.90 Å². The zero-order valence-electron chi connectivity index (χ0n) is 11.1. The molecule has 0 spiro atoms. The van der Waals surface area contributed by atoms with Crippen molar-refractivity contribution in [3.8, 4) is 0 Å². The van der Waals surface area contributed by atoms with Gasteiger partial charge < -0.3 is 5.73 Å². The molecule has 2 aromatic rings. The zero-order valence-corrected chi connectivity index (χ0v) is 11.9. The van der Waals surface area contributed by atoms with E-state index in [9.17, 15) is 0 Å². The summed E-state index contributed by atoms with van der Waals surface area (Å²) in [5.41, 5.74) is 8.98. The maximum absolute atomic E-state index is 5.82. The van der Waals surface area contributed by atoms with Crippen molar-refractivity contribution in [2.75, 3.05) is 12.8 Å². The highest BCUT2D eigenvalue weighted by Gasteiger charge is 2.13. The molecule has 0 amide bonds. The number of nitrogen functional groups attached to an aromatic ring is 1. The minimum atomic E-state index is 0.331. The Balaban J connectivity index is 2.06. The van der Waals surface area contributed by atoms with Gasteiger partial charge >= 0.3 is 0 Å². The highest BCUT2D eigenvalue weighted by Crippen LogP contribution is 2.23. The van der Waals surface area contributed by atoms with Crippen LogP contribution in [0.25, 0.3) is 0 Å². The van der Waals surface area contributed by atoms with Crippen LogP contribution in [-0.2, 0) is 6.54 Å². The van der Waals surface area contributed by atoms with Gasteiger partial charge in [0.25, 0.3) is 0 Å². The molecule has 2 N–H and O–H groups in total. The molecule has 0 aliphatic carbocycles. The molecule has 0 radical (unpaired) electrons. The van der Waals surface area contributed by atoms with E-state index in [1.807, 2.05) is 25.1 Å². The van der Waals surface area contributed by atoms with Gasteiger partial charge in [0.2, 0.25) is 0 Å². The smallest absolute Gasteiger partial charge is 0.107 e. The Hall–Kier alpha value is -1.39. The Morgan fingerprint density at radius 3 is 2.83 bits per heavy atom. The van der Waals surface area contributed by atoms with Crippen molar-refractivity contribution in [2.24, 2.45) is 0 Å². The molecule has 18 heavy (non-hydrogen) atoms. The van der Waals surface area contributed by atoms with Gasteiger partial charge in [0, 0.05) is 22.8 Å². The van der Waals surface area contributed by atoms with Gasteiger partial charge in [-0.15, -0.1) is 11.3 Å². The van der Waals surface area contributed by atoms with Gasteiger partial charge in [-0.1, -0.05) is 12.1 Å².